The maximum atomic E-state index is 8.42. The molecule has 0 saturated carbocycles. The second kappa shape index (κ2) is 1.29. The van der Waals surface area contributed by atoms with Gasteiger partial charge in [0.15, 0.2) is 0 Å². The quantitative estimate of drug-likeness (QED) is 0.481. The van der Waals surface area contributed by atoms with Crippen molar-refractivity contribution >= 4 is 7.13 Å². The Bertz CT molecular complexity index is 142. The van der Waals surface area contributed by atoms with Crippen LogP contribution in [0.3, 0.4) is 0 Å². The number of aromatic hydroxyl groups is 2. The Morgan fingerprint density at radius 3 is 2.43 bits per heavy atom. The first kappa shape index (κ1) is 4.24. The van der Waals surface area contributed by atoms with Crippen LogP contribution in [0.5, 0.6) is 11.4 Å². The van der Waals surface area contributed by atoms with Gasteiger partial charge in [-0.1, -0.05) is 0 Å². The molecule has 0 amide bonds. The number of hydrogen-bond acceptors (Lipinski definition) is 3. The Labute approximate surface area is 40.5 Å². The third-order valence-electron chi connectivity index (χ3n) is 0.622. The van der Waals surface area contributed by atoms with Gasteiger partial charge in [-0.3, -0.25) is 0 Å². The van der Waals surface area contributed by atoms with Crippen LogP contribution in [-0.2, 0) is 0 Å². The van der Waals surface area contributed by atoms with Crippen LogP contribution < -0.4 is 0 Å². The molecule has 4 heteroatoms. The molecule has 1 aromatic heterocycles. The van der Waals surface area contributed by atoms with Crippen LogP contribution in [0, 0.1) is 0 Å². The van der Waals surface area contributed by atoms with Gasteiger partial charge in [-0.25, -0.2) is 0 Å². The second-order valence-corrected chi connectivity index (χ2v) is 1.14. The Morgan fingerprint density at radius 1 is 1.57 bits per heavy atom. The molecule has 0 spiro atoms. The van der Waals surface area contributed by atoms with Gasteiger partial charge in [-0.15, -0.1) is 0 Å². The molecule has 0 aliphatic rings. The van der Waals surface area contributed by atoms with Gasteiger partial charge in [0.25, 0.3) is 0 Å². The third kappa shape index (κ3) is 0.583. The van der Waals surface area contributed by atoms with Crippen LogP contribution in [0.1, 0.15) is 0 Å². The topological polar surface area (TPSA) is 53.6 Å². The third-order valence-corrected chi connectivity index (χ3v) is 0.622. The summed E-state index contributed by atoms with van der Waals surface area (Å²) >= 11 is 0. The van der Waals surface area contributed by atoms with Gasteiger partial charge in [0.2, 0.25) is 0 Å². The summed E-state index contributed by atoms with van der Waals surface area (Å²) in [4.78, 5) is 0. The molecule has 0 radical (unpaired) electrons. The van der Waals surface area contributed by atoms with E-state index in [0.29, 0.717) is 0 Å². The molecule has 0 aliphatic carbocycles. The minimum absolute atomic E-state index is 0.222. The fourth-order valence-electron chi connectivity index (χ4n) is 0.284. The molecule has 2 N–H and O–H groups in total. The monoisotopic (exact) mass is 98.0 g/mol. The molecule has 36 valence electrons. The van der Waals surface area contributed by atoms with Crippen molar-refractivity contribution in [1.29, 1.82) is 0 Å². The van der Waals surface area contributed by atoms with Crippen LogP contribution in [0.2, 0.25) is 0 Å². The first-order chi connectivity index (χ1) is 3.30. The zero-order valence-corrected chi connectivity index (χ0v) is 3.46. The van der Waals surface area contributed by atoms with Gasteiger partial charge < -0.3 is 0 Å². The average Bonchev–Trinajstić information content (AvgIpc) is 1.91. The van der Waals surface area contributed by atoms with Gasteiger partial charge in [0.05, 0.1) is 0 Å². The Hall–Kier alpha value is -0.925. The van der Waals surface area contributed by atoms with E-state index < -0.39 is 0 Å². The van der Waals surface area contributed by atoms with Crippen LogP contribution in [0.4, 0.5) is 0 Å². The fraction of sp³-hybridized carbons (Fsp3) is 0. The van der Waals surface area contributed by atoms with E-state index in [-0.39, 0.29) is 11.4 Å². The van der Waals surface area contributed by atoms with Gasteiger partial charge in [-0.2, -0.15) is 0 Å². The summed E-state index contributed by atoms with van der Waals surface area (Å²) in [6.07, 6.45) is 1.05. The molecular formula is C3H3BO3. The van der Waals surface area contributed by atoms with E-state index in [1.165, 1.54) is 0 Å². The van der Waals surface area contributed by atoms with E-state index in [9.17, 15) is 0 Å². The predicted molar refractivity (Wildman–Crippen MR) is 23.4 cm³/mol. The molecule has 0 atom stereocenters. The van der Waals surface area contributed by atoms with Gasteiger partial charge in [0, 0.05) is 0 Å². The normalized spacial score (nSPS) is 8.57. The number of rotatable bonds is 0. The van der Waals surface area contributed by atoms with Crippen LogP contribution in [0.15, 0.2) is 10.6 Å². The number of hydrogen-bond donors (Lipinski definition) is 2. The first-order valence-electron chi connectivity index (χ1n) is 1.75. The molecule has 1 rings (SSSR count). The fourth-order valence-corrected chi connectivity index (χ4v) is 0.284. The summed E-state index contributed by atoms with van der Waals surface area (Å²) in [6, 6.07) is 0. The van der Waals surface area contributed by atoms with Crippen molar-refractivity contribution in [3.05, 3.63) is 6.26 Å². The van der Waals surface area contributed by atoms with E-state index in [4.69, 9.17) is 10.2 Å². The summed E-state index contributed by atoms with van der Waals surface area (Å²) < 4.78 is 4.34. The van der Waals surface area contributed by atoms with Gasteiger partial charge in [-0.05, 0) is 0 Å². The van der Waals surface area contributed by atoms with Crippen molar-refractivity contribution in [1.82, 2.24) is 0 Å². The zero-order chi connectivity index (χ0) is 5.28. The molecule has 0 saturated heterocycles. The van der Waals surface area contributed by atoms with E-state index >= 15 is 0 Å². The van der Waals surface area contributed by atoms with Gasteiger partial charge >= 0.3 is 39.3 Å². The Balaban J connectivity index is 3.12. The molecule has 1 heterocycles. The van der Waals surface area contributed by atoms with Crippen molar-refractivity contribution in [3.63, 3.8) is 0 Å². The van der Waals surface area contributed by atoms with E-state index in [2.05, 4.69) is 4.33 Å². The minimum atomic E-state index is -0.222. The second-order valence-electron chi connectivity index (χ2n) is 1.14. The molecule has 0 unspecified atom stereocenters. The average molecular weight is 97.9 g/mol. The van der Waals surface area contributed by atoms with Crippen molar-refractivity contribution < 1.29 is 14.5 Å². The van der Waals surface area contributed by atoms with Gasteiger partial charge in [0.1, 0.15) is 0 Å². The van der Waals surface area contributed by atoms with Crippen LogP contribution >= 0.6 is 0 Å². The van der Waals surface area contributed by atoms with Crippen LogP contribution in [0.25, 0.3) is 0 Å². The molecule has 0 aliphatic heterocycles. The van der Waals surface area contributed by atoms with Crippen molar-refractivity contribution in [2.24, 2.45) is 0 Å². The molecule has 1 aromatic rings. The predicted octanol–water partition coefficient (Wildman–Crippen LogP) is 0.0289. The van der Waals surface area contributed by atoms with E-state index in [0.717, 1.165) is 13.4 Å². The molecular weight excluding hydrogens is 94.8 g/mol. The molecule has 0 fully saturated rings. The zero-order valence-electron chi connectivity index (χ0n) is 3.46. The molecule has 0 bridgehead atoms. The standard InChI is InChI=1S/C3H3BO3/c5-2-1-7-4-3(2)6/h1,5-6H. The summed E-state index contributed by atoms with van der Waals surface area (Å²) in [5.74, 6) is -0.222. The summed E-state index contributed by atoms with van der Waals surface area (Å²) in [7, 11) is 1.05. The SMILES string of the molecule is Oc1bocc1O. The van der Waals surface area contributed by atoms with Crippen LogP contribution in [-0.4, -0.2) is 17.3 Å². The summed E-state index contributed by atoms with van der Waals surface area (Å²) in [5, 5.41) is 16.8. The summed E-state index contributed by atoms with van der Waals surface area (Å²) in [5.41, 5.74) is -0.222. The summed E-state index contributed by atoms with van der Waals surface area (Å²) in [6.45, 7) is 0. The van der Waals surface area contributed by atoms with Crippen molar-refractivity contribution in [2.45, 2.75) is 0 Å². The maximum absolute atomic E-state index is 8.42. The van der Waals surface area contributed by atoms with Crippen molar-refractivity contribution in [3.8, 4) is 11.4 Å². The Morgan fingerprint density at radius 2 is 2.29 bits per heavy atom. The van der Waals surface area contributed by atoms with Crippen molar-refractivity contribution in [2.75, 3.05) is 0 Å². The van der Waals surface area contributed by atoms with E-state index in [1.807, 2.05) is 0 Å². The Kier molecular flexibility index (Phi) is 0.783. The molecule has 3 nitrogen and oxygen atoms in total. The molecule has 7 heavy (non-hydrogen) atoms. The van der Waals surface area contributed by atoms with E-state index in [1.54, 1.807) is 0 Å². The first-order valence-corrected chi connectivity index (χ1v) is 1.75. The molecule has 0 aromatic carbocycles.